The lowest BCUT2D eigenvalue weighted by atomic mass is 10.2. The van der Waals surface area contributed by atoms with Crippen LogP contribution in [0.2, 0.25) is 5.02 Å². The number of nitro groups is 1. The maximum absolute atomic E-state index is 14.1. The number of carbonyl (C=O) groups excluding carboxylic acids is 1. The monoisotopic (exact) mass is 418 g/mol. The van der Waals surface area contributed by atoms with Gasteiger partial charge in [0.15, 0.2) is 0 Å². The number of hydrogen-bond donors (Lipinski definition) is 0. The first-order valence-electron chi connectivity index (χ1n) is 8.27. The molecule has 9 heteroatoms. The van der Waals surface area contributed by atoms with Crippen molar-refractivity contribution in [2.45, 2.75) is 6.54 Å². The molecule has 0 aliphatic rings. The lowest BCUT2D eigenvalue weighted by Crippen LogP contribution is -2.33. The van der Waals surface area contributed by atoms with Crippen LogP contribution in [0.3, 0.4) is 0 Å². The Bertz CT molecular complexity index is 1060. The molecule has 6 nitrogen and oxygen atoms in total. The van der Waals surface area contributed by atoms with Gasteiger partial charge in [-0.1, -0.05) is 29.8 Å². The van der Waals surface area contributed by atoms with Gasteiger partial charge in [0.25, 0.3) is 5.69 Å². The molecule has 0 unspecified atom stereocenters. The molecule has 0 fully saturated rings. The van der Waals surface area contributed by atoms with Crippen molar-refractivity contribution in [3.63, 3.8) is 0 Å². The fourth-order valence-electron chi connectivity index (χ4n) is 2.54. The summed E-state index contributed by atoms with van der Waals surface area (Å²) in [4.78, 5) is 24.0. The smallest absolute Gasteiger partial charge is 0.410 e. The summed E-state index contributed by atoms with van der Waals surface area (Å²) in [5.41, 5.74) is 0.131. The Balaban J connectivity index is 1.92. The summed E-state index contributed by atoms with van der Waals surface area (Å²) < 4.78 is 32.8. The number of non-ortho nitro benzene ring substituents is 1. The van der Waals surface area contributed by atoms with Crippen molar-refractivity contribution in [1.29, 1.82) is 0 Å². The highest BCUT2D eigenvalue weighted by Crippen LogP contribution is 2.29. The van der Waals surface area contributed by atoms with Gasteiger partial charge < -0.3 is 4.74 Å². The average Bonchev–Trinajstić information content (AvgIpc) is 2.68. The zero-order valence-electron chi connectivity index (χ0n) is 14.7. The fraction of sp³-hybridized carbons (Fsp3) is 0.0500. The molecule has 0 saturated heterocycles. The molecule has 148 valence electrons. The second-order valence-electron chi connectivity index (χ2n) is 5.89. The van der Waals surface area contributed by atoms with Gasteiger partial charge in [0.2, 0.25) is 0 Å². The molecule has 3 aromatic rings. The third-order valence-corrected chi connectivity index (χ3v) is 4.26. The van der Waals surface area contributed by atoms with E-state index in [4.69, 9.17) is 16.3 Å². The van der Waals surface area contributed by atoms with Crippen molar-refractivity contribution in [1.82, 2.24) is 0 Å². The molecule has 3 aromatic carbocycles. The number of carbonyl (C=O) groups is 1. The Hall–Kier alpha value is -3.52. The van der Waals surface area contributed by atoms with Crippen LogP contribution in [-0.4, -0.2) is 11.0 Å². The third kappa shape index (κ3) is 4.85. The summed E-state index contributed by atoms with van der Waals surface area (Å²) in [7, 11) is 0. The van der Waals surface area contributed by atoms with Crippen LogP contribution in [0, 0.1) is 21.7 Å². The van der Waals surface area contributed by atoms with Crippen LogP contribution in [0.5, 0.6) is 5.75 Å². The van der Waals surface area contributed by atoms with Crippen LogP contribution in [0.15, 0.2) is 66.7 Å². The zero-order valence-corrected chi connectivity index (χ0v) is 15.5. The highest BCUT2D eigenvalue weighted by Gasteiger charge is 2.23. The van der Waals surface area contributed by atoms with E-state index in [0.29, 0.717) is 0 Å². The summed E-state index contributed by atoms with van der Waals surface area (Å²) in [5.74, 6) is -1.11. The molecule has 0 saturated carbocycles. The summed E-state index contributed by atoms with van der Waals surface area (Å²) >= 11 is 6.07. The van der Waals surface area contributed by atoms with E-state index in [0.717, 1.165) is 17.0 Å². The lowest BCUT2D eigenvalue weighted by molar-refractivity contribution is -0.384. The molecule has 0 bridgehead atoms. The van der Waals surface area contributed by atoms with Crippen LogP contribution < -0.4 is 9.64 Å². The first kappa shape index (κ1) is 20.2. The number of amides is 1. The van der Waals surface area contributed by atoms with E-state index < -0.39 is 22.7 Å². The molecular weight excluding hydrogens is 406 g/mol. The van der Waals surface area contributed by atoms with Gasteiger partial charge in [0.05, 0.1) is 22.2 Å². The number of nitrogens with zero attached hydrogens (tertiary/aromatic N) is 2. The van der Waals surface area contributed by atoms with Gasteiger partial charge in [-0.3, -0.25) is 15.0 Å². The number of ether oxygens (including phenoxy) is 1. The maximum Gasteiger partial charge on any atom is 0.420 e. The summed E-state index contributed by atoms with van der Waals surface area (Å²) in [6.45, 7) is -0.232. The van der Waals surface area contributed by atoms with Crippen LogP contribution in [0.4, 0.5) is 25.0 Å². The predicted molar refractivity (Wildman–Crippen MR) is 103 cm³/mol. The minimum absolute atomic E-state index is 0.0392. The maximum atomic E-state index is 14.1. The van der Waals surface area contributed by atoms with Crippen molar-refractivity contribution in [2.24, 2.45) is 0 Å². The number of benzene rings is 3. The van der Waals surface area contributed by atoms with Crippen LogP contribution >= 0.6 is 11.6 Å². The zero-order chi connectivity index (χ0) is 21.0. The van der Waals surface area contributed by atoms with Gasteiger partial charge in [-0.05, 0) is 36.4 Å². The second kappa shape index (κ2) is 8.66. The van der Waals surface area contributed by atoms with Gasteiger partial charge >= 0.3 is 6.09 Å². The van der Waals surface area contributed by atoms with Gasteiger partial charge in [-0.25, -0.2) is 13.6 Å². The Kier molecular flexibility index (Phi) is 6.04. The first-order valence-corrected chi connectivity index (χ1v) is 8.65. The highest BCUT2D eigenvalue weighted by molar-refractivity contribution is 6.33. The normalized spacial score (nSPS) is 10.4. The van der Waals surface area contributed by atoms with Crippen LogP contribution in [0.25, 0.3) is 0 Å². The van der Waals surface area contributed by atoms with Crippen LogP contribution in [-0.2, 0) is 6.54 Å². The Morgan fingerprint density at radius 2 is 1.76 bits per heavy atom. The summed E-state index contributed by atoms with van der Waals surface area (Å²) in [6, 6.07) is 14.1. The molecule has 0 heterocycles. The van der Waals surface area contributed by atoms with Crippen molar-refractivity contribution in [3.05, 3.63) is 99.1 Å². The quantitative estimate of drug-likeness (QED) is 0.391. The van der Waals surface area contributed by atoms with Crippen molar-refractivity contribution < 1.29 is 23.2 Å². The molecule has 0 aliphatic carbocycles. The van der Waals surface area contributed by atoms with E-state index in [1.54, 1.807) is 6.07 Å². The van der Waals surface area contributed by atoms with Gasteiger partial charge in [0.1, 0.15) is 17.4 Å². The molecule has 1 amide bonds. The summed E-state index contributed by atoms with van der Waals surface area (Å²) in [5, 5.41) is 10.7. The number of hydrogen-bond acceptors (Lipinski definition) is 4. The summed E-state index contributed by atoms with van der Waals surface area (Å²) in [6.07, 6.45) is -0.921. The molecule has 0 aromatic heterocycles. The van der Waals surface area contributed by atoms with Crippen LogP contribution in [0.1, 0.15) is 5.56 Å². The lowest BCUT2D eigenvalue weighted by Gasteiger charge is -2.23. The Morgan fingerprint density at radius 3 is 2.38 bits per heavy atom. The van der Waals surface area contributed by atoms with Crippen molar-refractivity contribution in [3.8, 4) is 5.75 Å². The second-order valence-corrected chi connectivity index (χ2v) is 6.30. The molecule has 0 aliphatic heterocycles. The topological polar surface area (TPSA) is 72.7 Å². The molecule has 3 rings (SSSR count). The number of rotatable bonds is 5. The number of nitro benzene ring substituents is 1. The predicted octanol–water partition coefficient (Wildman–Crippen LogP) is 5.73. The van der Waals surface area contributed by atoms with Gasteiger partial charge in [0, 0.05) is 17.7 Å². The molecule has 0 N–H and O–H groups in total. The molecule has 0 atom stereocenters. The molecule has 0 spiro atoms. The largest absolute Gasteiger partial charge is 0.420 e. The van der Waals surface area contributed by atoms with E-state index in [2.05, 4.69) is 0 Å². The fourth-order valence-corrected chi connectivity index (χ4v) is 2.81. The molecule has 29 heavy (non-hydrogen) atoms. The Morgan fingerprint density at radius 1 is 1.07 bits per heavy atom. The first-order chi connectivity index (χ1) is 13.8. The Labute approximate surface area is 169 Å². The third-order valence-electron chi connectivity index (χ3n) is 3.96. The highest BCUT2D eigenvalue weighted by atomic mass is 35.5. The van der Waals surface area contributed by atoms with Crippen molar-refractivity contribution >= 4 is 29.1 Å². The minimum atomic E-state index is -0.921. The number of anilines is 1. The molecule has 0 radical (unpaired) electrons. The number of halogens is 3. The standard InChI is InChI=1S/C20H13ClF2N2O4/c21-17-11-14(22)5-10-19(17)24(12-13-3-1-2-4-18(13)23)20(26)29-16-8-6-15(7-9-16)25(27)28/h1-11H,12H2. The van der Waals surface area contributed by atoms with E-state index in [1.165, 1.54) is 48.5 Å². The van der Waals surface area contributed by atoms with Gasteiger partial charge in [-0.2, -0.15) is 0 Å². The van der Waals surface area contributed by atoms with E-state index in [9.17, 15) is 23.7 Å². The van der Waals surface area contributed by atoms with Gasteiger partial charge in [-0.15, -0.1) is 0 Å². The minimum Gasteiger partial charge on any atom is -0.410 e. The average molecular weight is 419 g/mol. The SMILES string of the molecule is O=C(Oc1ccc([N+](=O)[O-])cc1)N(Cc1ccccc1F)c1ccc(F)cc1Cl. The van der Waals surface area contributed by atoms with Crippen molar-refractivity contribution in [2.75, 3.05) is 4.90 Å². The van der Waals surface area contributed by atoms with E-state index in [1.807, 2.05) is 0 Å². The molecular formula is C20H13ClF2N2O4. The van der Waals surface area contributed by atoms with E-state index in [-0.39, 0.29) is 34.3 Å². The van der Waals surface area contributed by atoms with E-state index >= 15 is 0 Å².